The molecule has 3 heterocycles. The number of rotatable bonds is 5. The molecule has 0 bridgehead atoms. The summed E-state index contributed by atoms with van der Waals surface area (Å²) < 4.78 is 0. The van der Waals surface area contributed by atoms with Crippen LogP contribution in [0.1, 0.15) is 44.7 Å². The fourth-order valence-corrected chi connectivity index (χ4v) is 4.07. The first-order chi connectivity index (χ1) is 10.8. The Morgan fingerprint density at radius 1 is 1.23 bits per heavy atom. The number of likely N-dealkylation sites (tertiary alicyclic amines) is 2. The van der Waals surface area contributed by atoms with Crippen LogP contribution in [0.2, 0.25) is 0 Å². The Morgan fingerprint density at radius 2 is 2.05 bits per heavy atom. The molecule has 0 spiro atoms. The summed E-state index contributed by atoms with van der Waals surface area (Å²) in [6.07, 6.45) is 8.35. The first kappa shape index (κ1) is 15.5. The van der Waals surface area contributed by atoms with Crippen molar-refractivity contribution in [2.75, 3.05) is 19.6 Å². The van der Waals surface area contributed by atoms with Crippen molar-refractivity contribution >= 4 is 5.91 Å². The van der Waals surface area contributed by atoms with E-state index >= 15 is 0 Å². The highest BCUT2D eigenvalue weighted by molar-refractivity contribution is 5.76. The summed E-state index contributed by atoms with van der Waals surface area (Å²) in [4.78, 5) is 21.3. The summed E-state index contributed by atoms with van der Waals surface area (Å²) in [6.45, 7) is 5.17. The molecule has 1 amide bonds. The second-order valence-corrected chi connectivity index (χ2v) is 6.47. The smallest absolute Gasteiger partial charge is 0.222 e. The SMILES string of the molecule is CCC(=O)N1CCC[C@H]1[C@H]1CCCN1CCc1ccccn1. The molecule has 1 aromatic heterocycles. The molecular formula is C18H27N3O. The highest BCUT2D eigenvalue weighted by Gasteiger charge is 2.38. The molecule has 4 nitrogen and oxygen atoms in total. The molecule has 0 radical (unpaired) electrons. The summed E-state index contributed by atoms with van der Waals surface area (Å²) in [5.41, 5.74) is 1.17. The van der Waals surface area contributed by atoms with Crippen molar-refractivity contribution < 1.29 is 4.79 Å². The first-order valence-corrected chi connectivity index (χ1v) is 8.73. The number of carbonyl (C=O) groups is 1. The third-order valence-electron chi connectivity index (χ3n) is 5.16. The van der Waals surface area contributed by atoms with Crippen LogP contribution in [0.25, 0.3) is 0 Å². The van der Waals surface area contributed by atoms with Crippen molar-refractivity contribution in [2.24, 2.45) is 0 Å². The van der Waals surface area contributed by atoms with Gasteiger partial charge in [-0.25, -0.2) is 0 Å². The predicted molar refractivity (Wildman–Crippen MR) is 87.6 cm³/mol. The van der Waals surface area contributed by atoms with Crippen LogP contribution in [0.15, 0.2) is 24.4 Å². The monoisotopic (exact) mass is 301 g/mol. The minimum Gasteiger partial charge on any atom is -0.338 e. The highest BCUT2D eigenvalue weighted by Crippen LogP contribution is 2.30. The van der Waals surface area contributed by atoms with Gasteiger partial charge in [-0.05, 0) is 44.4 Å². The van der Waals surface area contributed by atoms with Gasteiger partial charge in [0, 0.05) is 49.9 Å². The largest absolute Gasteiger partial charge is 0.338 e. The maximum absolute atomic E-state index is 12.2. The van der Waals surface area contributed by atoms with Gasteiger partial charge in [0.15, 0.2) is 0 Å². The lowest BCUT2D eigenvalue weighted by molar-refractivity contribution is -0.132. The molecule has 0 saturated carbocycles. The van der Waals surface area contributed by atoms with Crippen LogP contribution in [0.3, 0.4) is 0 Å². The lowest BCUT2D eigenvalue weighted by Gasteiger charge is -2.35. The normalized spacial score (nSPS) is 25.8. The molecule has 0 aliphatic carbocycles. The van der Waals surface area contributed by atoms with Crippen LogP contribution in [-0.2, 0) is 11.2 Å². The molecular weight excluding hydrogens is 274 g/mol. The van der Waals surface area contributed by atoms with Crippen LogP contribution < -0.4 is 0 Å². The topological polar surface area (TPSA) is 36.4 Å². The summed E-state index contributed by atoms with van der Waals surface area (Å²) in [5, 5.41) is 0. The molecule has 120 valence electrons. The summed E-state index contributed by atoms with van der Waals surface area (Å²) >= 11 is 0. The van der Waals surface area contributed by atoms with Crippen LogP contribution in [0.4, 0.5) is 0 Å². The minimum atomic E-state index is 0.332. The van der Waals surface area contributed by atoms with Crippen LogP contribution >= 0.6 is 0 Å². The molecule has 0 N–H and O–H groups in total. The van der Waals surface area contributed by atoms with Gasteiger partial charge in [-0.3, -0.25) is 14.7 Å². The number of hydrogen-bond acceptors (Lipinski definition) is 3. The van der Waals surface area contributed by atoms with E-state index in [1.165, 1.54) is 37.9 Å². The molecule has 3 rings (SSSR count). The van der Waals surface area contributed by atoms with E-state index in [4.69, 9.17) is 0 Å². The van der Waals surface area contributed by atoms with Crippen LogP contribution in [-0.4, -0.2) is 52.4 Å². The second-order valence-electron chi connectivity index (χ2n) is 6.47. The molecule has 2 atom stereocenters. The zero-order valence-corrected chi connectivity index (χ0v) is 13.6. The number of hydrogen-bond donors (Lipinski definition) is 0. The molecule has 22 heavy (non-hydrogen) atoms. The van der Waals surface area contributed by atoms with E-state index in [1.54, 1.807) is 0 Å². The van der Waals surface area contributed by atoms with E-state index < -0.39 is 0 Å². The van der Waals surface area contributed by atoms with Crippen molar-refractivity contribution in [3.05, 3.63) is 30.1 Å². The third kappa shape index (κ3) is 3.32. The molecule has 4 heteroatoms. The fraction of sp³-hybridized carbons (Fsp3) is 0.667. The predicted octanol–water partition coefficient (Wildman–Crippen LogP) is 2.49. The van der Waals surface area contributed by atoms with E-state index in [2.05, 4.69) is 26.9 Å². The van der Waals surface area contributed by atoms with E-state index in [1.807, 2.05) is 19.2 Å². The first-order valence-electron chi connectivity index (χ1n) is 8.73. The number of nitrogens with zero attached hydrogens (tertiary/aromatic N) is 3. The van der Waals surface area contributed by atoms with Gasteiger partial charge in [0.2, 0.25) is 5.91 Å². The molecule has 0 aromatic carbocycles. The molecule has 0 unspecified atom stereocenters. The van der Waals surface area contributed by atoms with Crippen molar-refractivity contribution in [3.63, 3.8) is 0 Å². The Morgan fingerprint density at radius 3 is 2.82 bits per heavy atom. The van der Waals surface area contributed by atoms with E-state index in [9.17, 15) is 4.79 Å². The quantitative estimate of drug-likeness (QED) is 0.838. The average molecular weight is 301 g/mol. The standard InChI is InChI=1S/C18H27N3O/c1-2-18(22)21-13-6-9-17(21)16-8-5-12-20(16)14-10-15-7-3-4-11-19-15/h3-4,7,11,16-17H,2,5-6,8-10,12-14H2,1H3/t16-,17+/m1/s1. The van der Waals surface area contributed by atoms with Crippen molar-refractivity contribution in [1.29, 1.82) is 0 Å². The van der Waals surface area contributed by atoms with Crippen molar-refractivity contribution in [3.8, 4) is 0 Å². The second kappa shape index (κ2) is 7.23. The molecule has 2 aliphatic rings. The van der Waals surface area contributed by atoms with Crippen LogP contribution in [0, 0.1) is 0 Å². The molecule has 1 aromatic rings. The van der Waals surface area contributed by atoms with Gasteiger partial charge in [-0.1, -0.05) is 13.0 Å². The van der Waals surface area contributed by atoms with Gasteiger partial charge in [0.25, 0.3) is 0 Å². The van der Waals surface area contributed by atoms with Crippen molar-refractivity contribution in [1.82, 2.24) is 14.8 Å². The summed E-state index contributed by atoms with van der Waals surface area (Å²) in [6, 6.07) is 7.13. The van der Waals surface area contributed by atoms with Gasteiger partial charge in [0.05, 0.1) is 0 Å². The Labute approximate surface area is 133 Å². The Bertz CT molecular complexity index is 490. The van der Waals surface area contributed by atoms with Gasteiger partial charge >= 0.3 is 0 Å². The minimum absolute atomic E-state index is 0.332. The summed E-state index contributed by atoms with van der Waals surface area (Å²) in [7, 11) is 0. The van der Waals surface area contributed by atoms with Gasteiger partial charge in [-0.15, -0.1) is 0 Å². The summed E-state index contributed by atoms with van der Waals surface area (Å²) in [5.74, 6) is 0.332. The molecule has 2 saturated heterocycles. The molecule has 2 fully saturated rings. The van der Waals surface area contributed by atoms with E-state index in [-0.39, 0.29) is 0 Å². The Hall–Kier alpha value is -1.42. The number of carbonyl (C=O) groups excluding carboxylic acids is 1. The maximum Gasteiger partial charge on any atom is 0.222 e. The van der Waals surface area contributed by atoms with Crippen molar-refractivity contribution in [2.45, 2.75) is 57.5 Å². The number of pyridine rings is 1. The van der Waals surface area contributed by atoms with Gasteiger partial charge in [-0.2, -0.15) is 0 Å². The van der Waals surface area contributed by atoms with E-state index in [0.717, 1.165) is 19.5 Å². The lowest BCUT2D eigenvalue weighted by Crippen LogP contribution is -2.48. The van der Waals surface area contributed by atoms with Gasteiger partial charge < -0.3 is 4.90 Å². The Kier molecular flexibility index (Phi) is 5.08. The zero-order valence-electron chi connectivity index (χ0n) is 13.6. The van der Waals surface area contributed by atoms with Crippen LogP contribution in [0.5, 0.6) is 0 Å². The lowest BCUT2D eigenvalue weighted by atomic mass is 10.0. The average Bonchev–Trinajstić information content (AvgIpc) is 3.21. The fourth-order valence-electron chi connectivity index (χ4n) is 4.07. The number of amides is 1. The number of aromatic nitrogens is 1. The zero-order chi connectivity index (χ0) is 15.4. The third-order valence-corrected chi connectivity index (χ3v) is 5.16. The van der Waals surface area contributed by atoms with Gasteiger partial charge in [0.1, 0.15) is 0 Å². The highest BCUT2D eigenvalue weighted by atomic mass is 16.2. The Balaban J connectivity index is 1.61. The molecule has 2 aliphatic heterocycles. The maximum atomic E-state index is 12.2. The van der Waals surface area contributed by atoms with E-state index in [0.29, 0.717) is 24.4 Å².